The molecule has 0 spiro atoms. The number of hydrogen-bond acceptors (Lipinski definition) is 6. The molecule has 9 nitrogen and oxygen atoms in total. The van der Waals surface area contributed by atoms with E-state index in [1.165, 1.54) is 0 Å². The number of nitrogens with zero attached hydrogens (tertiary/aromatic N) is 2. The van der Waals surface area contributed by atoms with Gasteiger partial charge in [-0.1, -0.05) is 25.0 Å². The molecule has 0 radical (unpaired) electrons. The van der Waals surface area contributed by atoms with Gasteiger partial charge in [-0.05, 0) is 37.0 Å². The van der Waals surface area contributed by atoms with Crippen LogP contribution in [0.1, 0.15) is 47.6 Å². The molecule has 1 aromatic heterocycles. The van der Waals surface area contributed by atoms with Crippen molar-refractivity contribution in [2.24, 2.45) is 0 Å². The highest BCUT2D eigenvalue weighted by molar-refractivity contribution is 7.88. The van der Waals surface area contributed by atoms with Crippen LogP contribution in [0.25, 0.3) is 0 Å². The molecule has 0 unspecified atom stereocenters. The molecule has 0 bridgehead atoms. The Morgan fingerprint density at radius 1 is 1.17 bits per heavy atom. The van der Waals surface area contributed by atoms with Crippen LogP contribution in [-0.2, 0) is 26.0 Å². The predicted molar refractivity (Wildman–Crippen MR) is 112 cm³/mol. The monoisotopic (exact) mass is 434 g/mol. The zero-order valence-electron chi connectivity index (χ0n) is 16.8. The molecule has 1 amide bonds. The topological polar surface area (TPSA) is 119 Å². The Labute approximate surface area is 175 Å². The average Bonchev–Trinajstić information content (AvgIpc) is 3.37. The fourth-order valence-corrected chi connectivity index (χ4v) is 3.91. The lowest BCUT2D eigenvalue weighted by Gasteiger charge is -2.14. The molecule has 1 aliphatic rings. The number of carbonyl (C=O) groups is 2. The van der Waals surface area contributed by atoms with Crippen molar-refractivity contribution in [1.82, 2.24) is 14.5 Å². The quantitative estimate of drug-likeness (QED) is 0.582. The summed E-state index contributed by atoms with van der Waals surface area (Å²) in [4.78, 5) is 24.4. The summed E-state index contributed by atoms with van der Waals surface area (Å²) in [6.07, 6.45) is 7.64. The van der Waals surface area contributed by atoms with E-state index in [2.05, 4.69) is 15.1 Å². The number of nitrogens with one attached hydrogen (secondary N) is 2. The van der Waals surface area contributed by atoms with Crippen LogP contribution < -0.4 is 10.0 Å². The molecule has 1 aromatic carbocycles. The van der Waals surface area contributed by atoms with Gasteiger partial charge in [-0.15, -0.1) is 0 Å². The Balaban J connectivity index is 1.46. The van der Waals surface area contributed by atoms with E-state index < -0.39 is 28.5 Å². The van der Waals surface area contributed by atoms with Crippen molar-refractivity contribution >= 4 is 27.7 Å². The molecule has 30 heavy (non-hydrogen) atoms. The number of ether oxygens (including phenoxy) is 1. The van der Waals surface area contributed by atoms with Crippen molar-refractivity contribution in [2.75, 3.05) is 24.7 Å². The van der Waals surface area contributed by atoms with Crippen LogP contribution in [0, 0.1) is 0 Å². The van der Waals surface area contributed by atoms with Gasteiger partial charge in [0.1, 0.15) is 5.82 Å². The summed E-state index contributed by atoms with van der Waals surface area (Å²) in [6.45, 7) is -0.116. The third kappa shape index (κ3) is 6.39. The third-order valence-electron chi connectivity index (χ3n) is 4.91. The second-order valence-electron chi connectivity index (χ2n) is 7.34. The molecule has 2 N–H and O–H groups in total. The SMILES string of the molecule is CS(=O)(=O)NCCc1ccc(C(=O)OCC(=O)Nc2ccnn2C2CCCC2)cc1. The molecule has 10 heteroatoms. The van der Waals surface area contributed by atoms with Gasteiger partial charge < -0.3 is 10.1 Å². The highest BCUT2D eigenvalue weighted by Crippen LogP contribution is 2.31. The first-order valence-electron chi connectivity index (χ1n) is 9.86. The summed E-state index contributed by atoms with van der Waals surface area (Å²) in [5.74, 6) is -0.420. The number of aromatic nitrogens is 2. The first-order valence-corrected chi connectivity index (χ1v) is 11.7. The Bertz CT molecular complexity index is 979. The third-order valence-corrected chi connectivity index (χ3v) is 5.64. The lowest BCUT2D eigenvalue weighted by molar-refractivity contribution is -0.119. The summed E-state index contributed by atoms with van der Waals surface area (Å²) in [5, 5.41) is 7.04. The van der Waals surface area contributed by atoms with E-state index in [4.69, 9.17) is 4.74 Å². The fraction of sp³-hybridized carbons (Fsp3) is 0.450. The Morgan fingerprint density at radius 3 is 2.53 bits per heavy atom. The molecule has 0 saturated heterocycles. The van der Waals surface area contributed by atoms with Gasteiger partial charge in [0.2, 0.25) is 10.0 Å². The minimum absolute atomic E-state index is 0.278. The standard InChI is InChI=1S/C20H26N4O5S/c1-30(27,28)22-13-10-15-6-8-16(9-7-15)20(26)29-14-19(25)23-18-11-12-21-24(18)17-4-2-3-5-17/h6-9,11-12,17,22H,2-5,10,13-14H2,1H3,(H,23,25). The molecule has 1 saturated carbocycles. The van der Waals surface area contributed by atoms with Gasteiger partial charge in [0, 0.05) is 12.6 Å². The largest absolute Gasteiger partial charge is 0.452 e. The molecule has 1 heterocycles. The van der Waals surface area contributed by atoms with E-state index in [1.807, 2.05) is 4.68 Å². The molecule has 0 aliphatic heterocycles. The van der Waals surface area contributed by atoms with E-state index >= 15 is 0 Å². The van der Waals surface area contributed by atoms with E-state index in [1.54, 1.807) is 36.5 Å². The Kier molecular flexibility index (Phi) is 7.22. The van der Waals surface area contributed by atoms with Crippen LogP contribution >= 0.6 is 0 Å². The van der Waals surface area contributed by atoms with Crippen LogP contribution in [-0.4, -0.2) is 49.5 Å². The van der Waals surface area contributed by atoms with Gasteiger partial charge in [0.05, 0.1) is 24.1 Å². The number of amides is 1. The zero-order chi connectivity index (χ0) is 21.6. The van der Waals surface area contributed by atoms with Crippen LogP contribution in [0.4, 0.5) is 5.82 Å². The summed E-state index contributed by atoms with van der Waals surface area (Å²) in [7, 11) is -3.23. The summed E-state index contributed by atoms with van der Waals surface area (Å²) in [5.41, 5.74) is 1.19. The normalized spacial score (nSPS) is 14.6. The fourth-order valence-electron chi connectivity index (χ4n) is 3.43. The Hall–Kier alpha value is -2.72. The van der Waals surface area contributed by atoms with Gasteiger partial charge >= 0.3 is 5.97 Å². The lowest BCUT2D eigenvalue weighted by Crippen LogP contribution is -2.24. The van der Waals surface area contributed by atoms with Gasteiger partial charge in [-0.25, -0.2) is 22.6 Å². The number of carbonyl (C=O) groups excluding carboxylic acids is 2. The van der Waals surface area contributed by atoms with Crippen molar-refractivity contribution in [3.05, 3.63) is 47.7 Å². The van der Waals surface area contributed by atoms with Gasteiger partial charge in [0.25, 0.3) is 5.91 Å². The molecule has 0 atom stereocenters. The molecule has 1 aliphatic carbocycles. The minimum atomic E-state index is -3.23. The molecule has 162 valence electrons. The summed E-state index contributed by atoms with van der Waals surface area (Å²) >= 11 is 0. The molecular weight excluding hydrogens is 408 g/mol. The van der Waals surface area contributed by atoms with Crippen molar-refractivity contribution in [1.29, 1.82) is 0 Å². The highest BCUT2D eigenvalue weighted by Gasteiger charge is 2.20. The zero-order valence-corrected chi connectivity index (χ0v) is 17.7. The average molecular weight is 435 g/mol. The van der Waals surface area contributed by atoms with E-state index in [-0.39, 0.29) is 6.54 Å². The predicted octanol–water partition coefficient (Wildman–Crippen LogP) is 1.89. The molecule has 2 aromatic rings. The first-order chi connectivity index (χ1) is 14.3. The van der Waals surface area contributed by atoms with Crippen molar-refractivity contribution in [3.63, 3.8) is 0 Å². The van der Waals surface area contributed by atoms with Crippen molar-refractivity contribution < 1.29 is 22.7 Å². The number of sulfonamides is 1. The van der Waals surface area contributed by atoms with Gasteiger partial charge in [-0.2, -0.15) is 5.10 Å². The molecular formula is C20H26N4O5S. The van der Waals surface area contributed by atoms with Crippen molar-refractivity contribution in [3.8, 4) is 0 Å². The number of anilines is 1. The number of esters is 1. The lowest BCUT2D eigenvalue weighted by atomic mass is 10.1. The number of hydrogen-bond donors (Lipinski definition) is 2. The number of rotatable bonds is 9. The molecule has 1 fully saturated rings. The number of benzene rings is 1. The first kappa shape index (κ1) is 22.0. The maximum atomic E-state index is 12.2. The van der Waals surface area contributed by atoms with Crippen LogP contribution in [0.3, 0.4) is 0 Å². The molecule has 3 rings (SSSR count). The Morgan fingerprint density at radius 2 is 1.87 bits per heavy atom. The van der Waals surface area contributed by atoms with Gasteiger partial charge in [0.15, 0.2) is 6.61 Å². The minimum Gasteiger partial charge on any atom is -0.452 e. The van der Waals surface area contributed by atoms with E-state index in [0.717, 1.165) is 37.5 Å². The highest BCUT2D eigenvalue weighted by atomic mass is 32.2. The van der Waals surface area contributed by atoms with Crippen LogP contribution in [0.15, 0.2) is 36.5 Å². The maximum Gasteiger partial charge on any atom is 0.338 e. The van der Waals surface area contributed by atoms with E-state index in [9.17, 15) is 18.0 Å². The maximum absolute atomic E-state index is 12.2. The summed E-state index contributed by atoms with van der Waals surface area (Å²) < 4.78 is 31.5. The van der Waals surface area contributed by atoms with E-state index in [0.29, 0.717) is 23.8 Å². The second kappa shape index (κ2) is 9.86. The van der Waals surface area contributed by atoms with Crippen LogP contribution in [0.2, 0.25) is 0 Å². The summed E-state index contributed by atoms with van der Waals surface area (Å²) in [6, 6.07) is 8.65. The van der Waals surface area contributed by atoms with Gasteiger partial charge in [-0.3, -0.25) is 4.79 Å². The smallest absolute Gasteiger partial charge is 0.338 e. The second-order valence-corrected chi connectivity index (χ2v) is 9.17. The van der Waals surface area contributed by atoms with Crippen LogP contribution in [0.5, 0.6) is 0 Å². The van der Waals surface area contributed by atoms with Crippen molar-refractivity contribution in [2.45, 2.75) is 38.1 Å².